The molecule has 2 aliphatic heterocycles. The number of amides is 2. The highest BCUT2D eigenvalue weighted by Gasteiger charge is 2.34. The van der Waals surface area contributed by atoms with Crippen molar-refractivity contribution in [2.45, 2.75) is 32.1 Å². The first-order valence-corrected chi connectivity index (χ1v) is 10.0. The number of piperidine rings is 2. The standard InChI is InChI=1S/C21H28N2O5/c24-19(10-13-28-18-8-2-1-3-9-18)22-11-4-6-16(14-22)20(25)23-12-5-7-17(15-23)21(26)27/h1-3,8-9,16-17H,4-7,10-15H2,(H,26,27)/t16?,17-/m0/s1. The van der Waals surface area contributed by atoms with Crippen LogP contribution >= 0.6 is 0 Å². The molecule has 2 heterocycles. The lowest BCUT2D eigenvalue weighted by Gasteiger charge is -2.37. The van der Waals surface area contributed by atoms with Gasteiger partial charge in [0.2, 0.25) is 11.8 Å². The first-order chi connectivity index (χ1) is 13.5. The normalized spacial score (nSPS) is 22.6. The van der Waals surface area contributed by atoms with Gasteiger partial charge in [0.15, 0.2) is 0 Å². The molecule has 7 nitrogen and oxygen atoms in total. The quantitative estimate of drug-likeness (QED) is 0.806. The molecular weight excluding hydrogens is 360 g/mol. The van der Waals surface area contributed by atoms with Crippen LogP contribution in [-0.4, -0.2) is 65.5 Å². The van der Waals surface area contributed by atoms with Crippen molar-refractivity contribution >= 4 is 17.8 Å². The highest BCUT2D eigenvalue weighted by molar-refractivity contribution is 5.82. The zero-order valence-corrected chi connectivity index (χ0v) is 16.1. The molecule has 2 amide bonds. The maximum atomic E-state index is 12.9. The molecule has 0 saturated carbocycles. The van der Waals surface area contributed by atoms with Crippen LogP contribution in [0.2, 0.25) is 0 Å². The van der Waals surface area contributed by atoms with Gasteiger partial charge >= 0.3 is 5.97 Å². The second kappa shape index (κ2) is 9.57. The molecule has 1 aromatic rings. The number of aliphatic carboxylic acids is 1. The molecule has 3 rings (SSSR count). The SMILES string of the molecule is O=C(O)[C@H]1CCCN(C(=O)C2CCCN(C(=O)CCOc3ccccc3)C2)C1. The van der Waals surface area contributed by atoms with E-state index in [1.807, 2.05) is 30.3 Å². The predicted octanol–water partition coefficient (Wildman–Crippen LogP) is 2.02. The number of rotatable bonds is 6. The first kappa shape index (κ1) is 20.2. The van der Waals surface area contributed by atoms with Gasteiger partial charge in [0.25, 0.3) is 0 Å². The highest BCUT2D eigenvalue weighted by atomic mass is 16.5. The number of likely N-dealkylation sites (tertiary alicyclic amines) is 2. The Morgan fingerprint density at radius 2 is 1.61 bits per heavy atom. The molecule has 2 fully saturated rings. The van der Waals surface area contributed by atoms with Gasteiger partial charge in [-0.1, -0.05) is 18.2 Å². The van der Waals surface area contributed by atoms with E-state index in [0.717, 1.165) is 25.0 Å². The average molecular weight is 388 g/mol. The summed E-state index contributed by atoms with van der Waals surface area (Å²) in [5.74, 6) is -0.828. The summed E-state index contributed by atoms with van der Waals surface area (Å²) in [6.07, 6.45) is 3.15. The van der Waals surface area contributed by atoms with Crippen molar-refractivity contribution in [1.82, 2.24) is 9.80 Å². The van der Waals surface area contributed by atoms with Crippen LogP contribution in [0.5, 0.6) is 5.75 Å². The summed E-state index contributed by atoms with van der Waals surface area (Å²) in [5, 5.41) is 9.23. The van der Waals surface area contributed by atoms with Crippen molar-refractivity contribution in [3.05, 3.63) is 30.3 Å². The Morgan fingerprint density at radius 1 is 0.964 bits per heavy atom. The Hall–Kier alpha value is -2.57. The first-order valence-electron chi connectivity index (χ1n) is 10.0. The fourth-order valence-electron chi connectivity index (χ4n) is 3.97. The van der Waals surface area contributed by atoms with Crippen LogP contribution in [0.3, 0.4) is 0 Å². The van der Waals surface area contributed by atoms with Gasteiger partial charge in [0.1, 0.15) is 5.75 Å². The Kier molecular flexibility index (Phi) is 6.90. The largest absolute Gasteiger partial charge is 0.493 e. The maximum absolute atomic E-state index is 12.9. The fraction of sp³-hybridized carbons (Fsp3) is 0.571. The number of hydrogen-bond donors (Lipinski definition) is 1. The maximum Gasteiger partial charge on any atom is 0.308 e. The zero-order chi connectivity index (χ0) is 19.9. The van der Waals surface area contributed by atoms with E-state index < -0.39 is 11.9 Å². The lowest BCUT2D eigenvalue weighted by Crippen LogP contribution is -2.50. The van der Waals surface area contributed by atoms with Gasteiger partial charge in [0, 0.05) is 26.2 Å². The number of ether oxygens (including phenoxy) is 1. The molecule has 0 radical (unpaired) electrons. The molecule has 2 aliphatic rings. The van der Waals surface area contributed by atoms with Gasteiger partial charge in [-0.25, -0.2) is 0 Å². The fourth-order valence-corrected chi connectivity index (χ4v) is 3.97. The van der Waals surface area contributed by atoms with Crippen molar-refractivity contribution in [2.75, 3.05) is 32.8 Å². The summed E-state index contributed by atoms with van der Waals surface area (Å²) < 4.78 is 5.59. The van der Waals surface area contributed by atoms with Crippen molar-refractivity contribution in [3.8, 4) is 5.75 Å². The van der Waals surface area contributed by atoms with E-state index in [1.165, 1.54) is 0 Å². The van der Waals surface area contributed by atoms with Gasteiger partial charge in [-0.15, -0.1) is 0 Å². The molecule has 2 atom stereocenters. The summed E-state index contributed by atoms with van der Waals surface area (Å²) in [6.45, 7) is 2.27. The smallest absolute Gasteiger partial charge is 0.308 e. The third-order valence-corrected chi connectivity index (χ3v) is 5.53. The van der Waals surface area contributed by atoms with Crippen LogP contribution < -0.4 is 4.74 Å². The Bertz CT molecular complexity index is 693. The minimum atomic E-state index is -0.837. The average Bonchev–Trinajstić information content (AvgIpc) is 2.74. The summed E-state index contributed by atoms with van der Waals surface area (Å²) >= 11 is 0. The summed E-state index contributed by atoms with van der Waals surface area (Å²) in [6, 6.07) is 9.37. The topological polar surface area (TPSA) is 87.2 Å². The van der Waals surface area contributed by atoms with Gasteiger partial charge in [-0.2, -0.15) is 0 Å². The molecule has 1 aromatic carbocycles. The summed E-state index contributed by atoms with van der Waals surface area (Å²) in [5.41, 5.74) is 0. The third-order valence-electron chi connectivity index (χ3n) is 5.53. The van der Waals surface area contributed by atoms with Gasteiger partial charge in [-0.3, -0.25) is 14.4 Å². The lowest BCUT2D eigenvalue weighted by atomic mass is 9.93. The highest BCUT2D eigenvalue weighted by Crippen LogP contribution is 2.24. The number of nitrogens with zero attached hydrogens (tertiary/aromatic N) is 2. The molecule has 7 heteroatoms. The van der Waals surface area contributed by atoms with Crippen LogP contribution in [0, 0.1) is 11.8 Å². The minimum Gasteiger partial charge on any atom is -0.493 e. The van der Waals surface area contributed by atoms with E-state index >= 15 is 0 Å². The lowest BCUT2D eigenvalue weighted by molar-refractivity contribution is -0.147. The molecule has 1 N–H and O–H groups in total. The van der Waals surface area contributed by atoms with Gasteiger partial charge in [0.05, 0.1) is 24.9 Å². The molecule has 0 bridgehead atoms. The van der Waals surface area contributed by atoms with E-state index in [2.05, 4.69) is 0 Å². The van der Waals surface area contributed by atoms with Crippen LogP contribution in [0.1, 0.15) is 32.1 Å². The Morgan fingerprint density at radius 3 is 2.32 bits per heavy atom. The van der Waals surface area contributed by atoms with Crippen molar-refractivity contribution in [3.63, 3.8) is 0 Å². The number of para-hydroxylation sites is 1. The molecule has 0 aliphatic carbocycles. The molecule has 152 valence electrons. The number of carbonyl (C=O) groups excluding carboxylic acids is 2. The van der Waals surface area contributed by atoms with E-state index in [1.54, 1.807) is 9.80 Å². The molecule has 0 aromatic heterocycles. The predicted molar refractivity (Wildman–Crippen MR) is 103 cm³/mol. The van der Waals surface area contributed by atoms with Crippen LogP contribution in [0.4, 0.5) is 0 Å². The van der Waals surface area contributed by atoms with Crippen molar-refractivity contribution in [1.29, 1.82) is 0 Å². The third kappa shape index (κ3) is 5.24. The number of carboxylic acid groups (broad SMARTS) is 1. The number of hydrogen-bond acceptors (Lipinski definition) is 4. The van der Waals surface area contributed by atoms with E-state index in [4.69, 9.17) is 4.74 Å². The van der Waals surface area contributed by atoms with E-state index in [9.17, 15) is 19.5 Å². The summed E-state index contributed by atoms with van der Waals surface area (Å²) in [7, 11) is 0. The van der Waals surface area contributed by atoms with Gasteiger partial charge < -0.3 is 19.6 Å². The second-order valence-electron chi connectivity index (χ2n) is 7.55. The van der Waals surface area contributed by atoms with Crippen molar-refractivity contribution < 1.29 is 24.2 Å². The molecule has 1 unspecified atom stereocenters. The number of benzene rings is 1. The molecule has 0 spiro atoms. The molecular formula is C21H28N2O5. The molecule has 2 saturated heterocycles. The number of carbonyl (C=O) groups is 3. The second-order valence-corrected chi connectivity index (χ2v) is 7.55. The van der Waals surface area contributed by atoms with E-state index in [0.29, 0.717) is 32.7 Å². The van der Waals surface area contributed by atoms with Crippen LogP contribution in [-0.2, 0) is 14.4 Å². The zero-order valence-electron chi connectivity index (χ0n) is 16.1. The summed E-state index contributed by atoms with van der Waals surface area (Å²) in [4.78, 5) is 40.0. The van der Waals surface area contributed by atoms with Crippen LogP contribution in [0.25, 0.3) is 0 Å². The molecule has 28 heavy (non-hydrogen) atoms. The minimum absolute atomic E-state index is 0.00418. The Balaban J connectivity index is 1.48. The van der Waals surface area contributed by atoms with Crippen molar-refractivity contribution in [2.24, 2.45) is 11.8 Å². The van der Waals surface area contributed by atoms with E-state index in [-0.39, 0.29) is 30.7 Å². The Labute approximate surface area is 165 Å². The van der Waals surface area contributed by atoms with Gasteiger partial charge in [-0.05, 0) is 37.8 Å². The number of carboxylic acids is 1. The van der Waals surface area contributed by atoms with Crippen LogP contribution in [0.15, 0.2) is 30.3 Å². The monoisotopic (exact) mass is 388 g/mol.